The molecule has 0 saturated heterocycles. The molecule has 0 aliphatic carbocycles. The lowest BCUT2D eigenvalue weighted by Crippen LogP contribution is -2.15. The number of nitrogens with one attached hydrogen (secondary N) is 1. The van der Waals surface area contributed by atoms with Crippen LogP contribution in [0.15, 0.2) is 5.16 Å². The number of aliphatic hydroxyl groups excluding tert-OH is 1. The highest BCUT2D eigenvalue weighted by Crippen LogP contribution is 2.16. The minimum absolute atomic E-state index is 0.114. The van der Waals surface area contributed by atoms with Gasteiger partial charge in [0.15, 0.2) is 5.16 Å². The van der Waals surface area contributed by atoms with E-state index in [1.807, 2.05) is 19.0 Å². The van der Waals surface area contributed by atoms with E-state index in [9.17, 15) is 0 Å². The Morgan fingerprint density at radius 3 is 2.60 bits per heavy atom. The molecule has 0 atom stereocenters. The van der Waals surface area contributed by atoms with E-state index >= 15 is 0 Å². The number of aromatic nitrogens is 3. The van der Waals surface area contributed by atoms with Crippen LogP contribution < -0.4 is 10.2 Å². The highest BCUT2D eigenvalue weighted by Gasteiger charge is 2.06. The third-order valence-electron chi connectivity index (χ3n) is 1.55. The lowest BCUT2D eigenvalue weighted by Gasteiger charge is -2.11. The molecule has 0 aromatic carbocycles. The average Bonchev–Trinajstić information content (AvgIpc) is 2.25. The van der Waals surface area contributed by atoms with Gasteiger partial charge in [-0.25, -0.2) is 0 Å². The maximum absolute atomic E-state index is 8.71. The summed E-state index contributed by atoms with van der Waals surface area (Å²) in [5, 5.41) is 12.2. The Kier molecular flexibility index (Phi) is 4.57. The topological polar surface area (TPSA) is 74.2 Å². The van der Waals surface area contributed by atoms with E-state index < -0.39 is 0 Å². The molecule has 1 heterocycles. The molecule has 0 bridgehead atoms. The molecule has 7 heteroatoms. The second-order valence-corrected chi connectivity index (χ2v) is 4.02. The Labute approximate surface area is 93.1 Å². The predicted octanol–water partition coefficient (Wildman–Crippen LogP) is 0.0637. The Balaban J connectivity index is 2.90. The Morgan fingerprint density at radius 1 is 1.33 bits per heavy atom. The first-order valence-corrected chi connectivity index (χ1v) is 5.50. The molecule has 0 aliphatic heterocycles. The highest BCUT2D eigenvalue weighted by molar-refractivity contribution is 7.99. The molecular formula is C8H15N5OS. The van der Waals surface area contributed by atoms with Crippen molar-refractivity contribution in [1.82, 2.24) is 15.0 Å². The van der Waals surface area contributed by atoms with Gasteiger partial charge >= 0.3 is 0 Å². The molecule has 15 heavy (non-hydrogen) atoms. The summed E-state index contributed by atoms with van der Waals surface area (Å²) in [6, 6.07) is 0. The van der Waals surface area contributed by atoms with Gasteiger partial charge in [0.1, 0.15) is 0 Å². The summed E-state index contributed by atoms with van der Waals surface area (Å²) >= 11 is 1.40. The quantitative estimate of drug-likeness (QED) is 0.692. The number of anilines is 2. The molecule has 6 nitrogen and oxygen atoms in total. The average molecular weight is 229 g/mol. The van der Waals surface area contributed by atoms with Gasteiger partial charge in [-0.2, -0.15) is 15.0 Å². The number of nitrogens with zero attached hydrogens (tertiary/aromatic N) is 4. The maximum atomic E-state index is 8.71. The van der Waals surface area contributed by atoms with Crippen LogP contribution in [0.1, 0.15) is 0 Å². The molecule has 0 amide bonds. The van der Waals surface area contributed by atoms with E-state index in [2.05, 4.69) is 20.3 Å². The molecule has 1 aromatic rings. The van der Waals surface area contributed by atoms with E-state index in [1.165, 1.54) is 11.8 Å². The first-order valence-electron chi connectivity index (χ1n) is 4.52. The molecule has 0 fully saturated rings. The predicted molar refractivity (Wildman–Crippen MR) is 61.5 cm³/mol. The van der Waals surface area contributed by atoms with Crippen molar-refractivity contribution < 1.29 is 5.11 Å². The molecule has 0 unspecified atom stereocenters. The van der Waals surface area contributed by atoms with Crippen molar-refractivity contribution in [3.05, 3.63) is 0 Å². The van der Waals surface area contributed by atoms with Crippen LogP contribution in [0.2, 0.25) is 0 Å². The maximum Gasteiger partial charge on any atom is 0.230 e. The van der Waals surface area contributed by atoms with Crippen LogP contribution >= 0.6 is 11.8 Å². The second-order valence-electron chi connectivity index (χ2n) is 2.96. The summed E-state index contributed by atoms with van der Waals surface area (Å²) < 4.78 is 0. The summed E-state index contributed by atoms with van der Waals surface area (Å²) in [5.74, 6) is 1.73. The van der Waals surface area contributed by atoms with Gasteiger partial charge in [0.2, 0.25) is 11.9 Å². The van der Waals surface area contributed by atoms with E-state index in [0.29, 0.717) is 22.8 Å². The summed E-state index contributed by atoms with van der Waals surface area (Å²) in [5.41, 5.74) is 0. The van der Waals surface area contributed by atoms with Gasteiger partial charge in [-0.15, -0.1) is 0 Å². The molecule has 84 valence electrons. The van der Waals surface area contributed by atoms with Crippen molar-refractivity contribution in [3.8, 4) is 0 Å². The van der Waals surface area contributed by atoms with Crippen LogP contribution in [-0.4, -0.2) is 53.6 Å². The summed E-state index contributed by atoms with van der Waals surface area (Å²) in [4.78, 5) is 14.4. The third kappa shape index (κ3) is 3.52. The standard InChI is InChI=1S/C8H15N5OS/c1-9-6-10-7(13(2)3)12-8(11-6)15-5-4-14/h14H,4-5H2,1-3H3,(H,9,10,11,12). The van der Waals surface area contributed by atoms with Gasteiger partial charge < -0.3 is 15.3 Å². The molecule has 1 aromatic heterocycles. The van der Waals surface area contributed by atoms with Crippen molar-refractivity contribution in [1.29, 1.82) is 0 Å². The Bertz CT molecular complexity index is 320. The molecule has 1 rings (SSSR count). The van der Waals surface area contributed by atoms with Crippen molar-refractivity contribution in [2.45, 2.75) is 5.16 Å². The lowest BCUT2D eigenvalue weighted by atomic mass is 10.8. The van der Waals surface area contributed by atoms with Crippen LogP contribution in [0, 0.1) is 0 Å². The zero-order valence-corrected chi connectivity index (χ0v) is 9.88. The molecule has 0 spiro atoms. The number of thioether (sulfide) groups is 1. The van der Waals surface area contributed by atoms with E-state index in [-0.39, 0.29) is 6.61 Å². The van der Waals surface area contributed by atoms with Crippen LogP contribution in [0.4, 0.5) is 11.9 Å². The van der Waals surface area contributed by atoms with Gasteiger partial charge in [0.05, 0.1) is 6.61 Å². The molecule has 2 N–H and O–H groups in total. The fourth-order valence-corrected chi connectivity index (χ4v) is 1.43. The van der Waals surface area contributed by atoms with Gasteiger partial charge in [-0.3, -0.25) is 0 Å². The van der Waals surface area contributed by atoms with Crippen molar-refractivity contribution in [2.75, 3.05) is 43.7 Å². The fourth-order valence-electron chi connectivity index (χ4n) is 0.859. The zero-order chi connectivity index (χ0) is 11.3. The fraction of sp³-hybridized carbons (Fsp3) is 0.625. The van der Waals surface area contributed by atoms with Crippen molar-refractivity contribution >= 4 is 23.7 Å². The van der Waals surface area contributed by atoms with Gasteiger partial charge in [-0.1, -0.05) is 11.8 Å². The van der Waals surface area contributed by atoms with Crippen molar-refractivity contribution in [3.63, 3.8) is 0 Å². The van der Waals surface area contributed by atoms with Crippen LogP contribution in [0.25, 0.3) is 0 Å². The summed E-state index contributed by atoms with van der Waals surface area (Å²) in [6.07, 6.45) is 0. The van der Waals surface area contributed by atoms with Gasteiger partial charge in [0, 0.05) is 26.9 Å². The lowest BCUT2D eigenvalue weighted by molar-refractivity contribution is 0.322. The monoisotopic (exact) mass is 229 g/mol. The second kappa shape index (κ2) is 5.72. The molecule has 0 aliphatic rings. The molecule has 0 radical (unpaired) electrons. The van der Waals surface area contributed by atoms with Crippen LogP contribution in [0.3, 0.4) is 0 Å². The normalized spacial score (nSPS) is 10.1. The molecular weight excluding hydrogens is 214 g/mol. The minimum Gasteiger partial charge on any atom is -0.396 e. The van der Waals surface area contributed by atoms with E-state index in [0.717, 1.165) is 0 Å². The van der Waals surface area contributed by atoms with E-state index in [4.69, 9.17) is 5.11 Å². The molecule has 0 saturated carbocycles. The first kappa shape index (κ1) is 12.0. The Hall–Kier alpha value is -1.08. The van der Waals surface area contributed by atoms with Gasteiger partial charge in [-0.05, 0) is 0 Å². The Morgan fingerprint density at radius 2 is 2.07 bits per heavy atom. The zero-order valence-electron chi connectivity index (χ0n) is 9.06. The summed E-state index contributed by atoms with van der Waals surface area (Å²) in [6.45, 7) is 0.114. The largest absolute Gasteiger partial charge is 0.396 e. The third-order valence-corrected chi connectivity index (χ3v) is 2.38. The number of rotatable bonds is 5. The van der Waals surface area contributed by atoms with E-state index in [1.54, 1.807) is 7.05 Å². The summed E-state index contributed by atoms with van der Waals surface area (Å²) in [7, 11) is 5.50. The first-order chi connectivity index (χ1) is 7.17. The number of aliphatic hydroxyl groups is 1. The number of hydrogen-bond donors (Lipinski definition) is 2. The SMILES string of the molecule is CNc1nc(SCCO)nc(N(C)C)n1. The highest BCUT2D eigenvalue weighted by atomic mass is 32.2. The number of hydrogen-bond acceptors (Lipinski definition) is 7. The smallest absolute Gasteiger partial charge is 0.230 e. The minimum atomic E-state index is 0.114. The van der Waals surface area contributed by atoms with Crippen LogP contribution in [0.5, 0.6) is 0 Å². The van der Waals surface area contributed by atoms with Crippen LogP contribution in [-0.2, 0) is 0 Å². The van der Waals surface area contributed by atoms with Crippen molar-refractivity contribution in [2.24, 2.45) is 0 Å². The van der Waals surface area contributed by atoms with Gasteiger partial charge in [0.25, 0.3) is 0 Å².